The molecule has 116 valence electrons. The molecule has 1 aliphatic rings. The second kappa shape index (κ2) is 6.42. The SMILES string of the molecule is COc1ccc(C(=O)NN)cc1S(=O)(=O)N1CCCCC1. The molecular formula is C13H19N3O4S. The predicted molar refractivity (Wildman–Crippen MR) is 77.3 cm³/mol. The normalized spacial score (nSPS) is 16.5. The van der Waals surface area contributed by atoms with Gasteiger partial charge in [-0.25, -0.2) is 14.3 Å². The number of nitrogens with two attached hydrogens (primary N) is 1. The number of nitrogen functional groups attached to an aromatic ring is 1. The first-order valence-corrected chi connectivity index (χ1v) is 8.14. The lowest BCUT2D eigenvalue weighted by molar-refractivity contribution is 0.0953. The Bertz CT molecular complexity index is 624. The summed E-state index contributed by atoms with van der Waals surface area (Å²) in [5.74, 6) is 4.75. The average molecular weight is 313 g/mol. The highest BCUT2D eigenvalue weighted by Gasteiger charge is 2.29. The highest BCUT2D eigenvalue weighted by molar-refractivity contribution is 7.89. The van der Waals surface area contributed by atoms with Gasteiger partial charge in [0.1, 0.15) is 10.6 Å². The van der Waals surface area contributed by atoms with Gasteiger partial charge in [0.25, 0.3) is 5.91 Å². The quantitative estimate of drug-likeness (QED) is 0.478. The van der Waals surface area contributed by atoms with Crippen molar-refractivity contribution in [1.82, 2.24) is 9.73 Å². The minimum absolute atomic E-state index is 0.00648. The van der Waals surface area contributed by atoms with Gasteiger partial charge in [0.15, 0.2) is 0 Å². The third kappa shape index (κ3) is 3.17. The number of nitrogens with zero attached hydrogens (tertiary/aromatic N) is 1. The minimum atomic E-state index is -3.68. The standard InChI is InChI=1S/C13H19N3O4S/c1-20-11-6-5-10(13(17)15-14)9-12(11)21(18,19)16-7-3-2-4-8-16/h5-6,9H,2-4,7-8,14H2,1H3,(H,15,17). The molecule has 0 saturated carbocycles. The maximum Gasteiger partial charge on any atom is 0.265 e. The number of hydrazine groups is 1. The van der Waals surface area contributed by atoms with Gasteiger partial charge in [-0.2, -0.15) is 4.31 Å². The number of hydrogen-bond acceptors (Lipinski definition) is 5. The van der Waals surface area contributed by atoms with Crippen molar-refractivity contribution in [3.8, 4) is 5.75 Å². The first-order chi connectivity index (χ1) is 10.0. The summed E-state index contributed by atoms with van der Waals surface area (Å²) in [4.78, 5) is 11.6. The fourth-order valence-corrected chi connectivity index (χ4v) is 4.05. The molecule has 0 unspecified atom stereocenters. The fourth-order valence-electron chi connectivity index (χ4n) is 2.35. The third-order valence-corrected chi connectivity index (χ3v) is 5.41. The smallest absolute Gasteiger partial charge is 0.265 e. The number of rotatable bonds is 4. The van der Waals surface area contributed by atoms with Gasteiger partial charge in [0.05, 0.1) is 7.11 Å². The van der Waals surface area contributed by atoms with Crippen LogP contribution in [0.3, 0.4) is 0 Å². The average Bonchev–Trinajstić information content (AvgIpc) is 2.54. The zero-order chi connectivity index (χ0) is 15.5. The number of piperidine rings is 1. The Balaban J connectivity index is 2.46. The molecule has 0 radical (unpaired) electrons. The fraction of sp³-hybridized carbons (Fsp3) is 0.462. The molecule has 3 N–H and O–H groups in total. The van der Waals surface area contributed by atoms with Crippen molar-refractivity contribution >= 4 is 15.9 Å². The van der Waals surface area contributed by atoms with Gasteiger partial charge in [-0.15, -0.1) is 0 Å². The highest BCUT2D eigenvalue weighted by Crippen LogP contribution is 2.29. The molecule has 7 nitrogen and oxygen atoms in total. The summed E-state index contributed by atoms with van der Waals surface area (Å²) in [5, 5.41) is 0. The van der Waals surface area contributed by atoms with Gasteiger partial charge in [0.2, 0.25) is 10.0 Å². The second-order valence-corrected chi connectivity index (χ2v) is 6.71. The summed E-state index contributed by atoms with van der Waals surface area (Å²) in [7, 11) is -2.29. The van der Waals surface area contributed by atoms with E-state index in [0.717, 1.165) is 19.3 Å². The lowest BCUT2D eigenvalue weighted by atomic mass is 10.2. The van der Waals surface area contributed by atoms with Crippen molar-refractivity contribution < 1.29 is 17.9 Å². The number of benzene rings is 1. The maximum atomic E-state index is 12.7. The summed E-state index contributed by atoms with van der Waals surface area (Å²) in [5.41, 5.74) is 2.16. The van der Waals surface area contributed by atoms with Crippen LogP contribution in [0.4, 0.5) is 0 Å². The van der Waals surface area contributed by atoms with E-state index < -0.39 is 15.9 Å². The molecule has 1 saturated heterocycles. The van der Waals surface area contributed by atoms with Crippen molar-refractivity contribution in [2.24, 2.45) is 5.84 Å². The van der Waals surface area contributed by atoms with E-state index in [9.17, 15) is 13.2 Å². The highest BCUT2D eigenvalue weighted by atomic mass is 32.2. The Kier molecular flexibility index (Phi) is 4.81. The summed E-state index contributed by atoms with van der Waals surface area (Å²) in [6, 6.07) is 4.22. The molecule has 1 amide bonds. The number of hydrogen-bond donors (Lipinski definition) is 2. The van der Waals surface area contributed by atoms with E-state index >= 15 is 0 Å². The summed E-state index contributed by atoms with van der Waals surface area (Å²) < 4.78 is 32.0. The minimum Gasteiger partial charge on any atom is -0.495 e. The van der Waals surface area contributed by atoms with Gasteiger partial charge in [-0.05, 0) is 31.0 Å². The number of amides is 1. The van der Waals surface area contributed by atoms with Crippen LogP contribution in [0.5, 0.6) is 5.75 Å². The molecule has 1 heterocycles. The molecule has 2 rings (SSSR count). The first kappa shape index (κ1) is 15.7. The predicted octanol–water partition coefficient (Wildman–Crippen LogP) is 0.473. The van der Waals surface area contributed by atoms with E-state index in [0.29, 0.717) is 13.1 Å². The van der Waals surface area contributed by atoms with Crippen molar-refractivity contribution in [2.75, 3.05) is 20.2 Å². The van der Waals surface area contributed by atoms with E-state index in [2.05, 4.69) is 0 Å². The molecule has 1 aromatic carbocycles. The number of nitrogens with one attached hydrogen (secondary N) is 1. The largest absolute Gasteiger partial charge is 0.495 e. The van der Waals surface area contributed by atoms with Crippen LogP contribution in [0.25, 0.3) is 0 Å². The molecule has 1 fully saturated rings. The molecule has 0 aliphatic carbocycles. The molecule has 21 heavy (non-hydrogen) atoms. The van der Waals surface area contributed by atoms with Crippen LogP contribution in [0.15, 0.2) is 23.1 Å². The van der Waals surface area contributed by atoms with E-state index in [4.69, 9.17) is 10.6 Å². The van der Waals surface area contributed by atoms with Crippen molar-refractivity contribution in [2.45, 2.75) is 24.2 Å². The monoisotopic (exact) mass is 313 g/mol. The number of methoxy groups -OCH3 is 1. The van der Waals surface area contributed by atoms with Crippen LogP contribution in [0, 0.1) is 0 Å². The van der Waals surface area contributed by atoms with Crippen LogP contribution < -0.4 is 16.0 Å². The molecule has 0 spiro atoms. The molecule has 0 bridgehead atoms. The Morgan fingerprint density at radius 2 is 1.95 bits per heavy atom. The lowest BCUT2D eigenvalue weighted by Gasteiger charge is -2.26. The number of ether oxygens (including phenoxy) is 1. The zero-order valence-corrected chi connectivity index (χ0v) is 12.6. The van der Waals surface area contributed by atoms with Crippen molar-refractivity contribution in [1.29, 1.82) is 0 Å². The van der Waals surface area contributed by atoms with Gasteiger partial charge in [0, 0.05) is 18.7 Å². The second-order valence-electron chi connectivity index (χ2n) is 4.80. The third-order valence-electron chi connectivity index (χ3n) is 3.49. The van der Waals surface area contributed by atoms with Gasteiger partial charge >= 0.3 is 0 Å². The van der Waals surface area contributed by atoms with E-state index in [1.165, 1.54) is 29.6 Å². The Morgan fingerprint density at radius 3 is 2.52 bits per heavy atom. The Labute approximate surface area is 124 Å². The van der Waals surface area contributed by atoms with Gasteiger partial charge in [-0.3, -0.25) is 10.2 Å². The van der Waals surface area contributed by atoms with Gasteiger partial charge < -0.3 is 4.74 Å². The summed E-state index contributed by atoms with van der Waals surface area (Å²) in [6.45, 7) is 0.970. The molecule has 1 aliphatic heterocycles. The van der Waals surface area contributed by atoms with Gasteiger partial charge in [-0.1, -0.05) is 6.42 Å². The molecule has 1 aromatic rings. The van der Waals surface area contributed by atoms with Crippen LogP contribution in [0.1, 0.15) is 29.6 Å². The molecule has 0 aromatic heterocycles. The topological polar surface area (TPSA) is 102 Å². The summed E-state index contributed by atoms with van der Waals surface area (Å²) >= 11 is 0. The van der Waals surface area contributed by atoms with Crippen LogP contribution in [-0.4, -0.2) is 38.8 Å². The number of carbonyl (C=O) groups excluding carboxylic acids is 1. The summed E-state index contributed by atoms with van der Waals surface area (Å²) in [6.07, 6.45) is 2.70. The van der Waals surface area contributed by atoms with Crippen LogP contribution in [0.2, 0.25) is 0 Å². The van der Waals surface area contributed by atoms with Crippen LogP contribution in [-0.2, 0) is 10.0 Å². The van der Waals surface area contributed by atoms with E-state index in [1.54, 1.807) is 0 Å². The maximum absolute atomic E-state index is 12.7. The lowest BCUT2D eigenvalue weighted by Crippen LogP contribution is -2.36. The first-order valence-electron chi connectivity index (χ1n) is 6.70. The number of sulfonamides is 1. The molecule has 8 heteroatoms. The Morgan fingerprint density at radius 1 is 1.29 bits per heavy atom. The number of carbonyl (C=O) groups is 1. The van der Waals surface area contributed by atoms with Crippen LogP contribution >= 0.6 is 0 Å². The molecule has 0 atom stereocenters. The zero-order valence-electron chi connectivity index (χ0n) is 11.8. The van der Waals surface area contributed by atoms with Crippen molar-refractivity contribution in [3.63, 3.8) is 0 Å². The van der Waals surface area contributed by atoms with E-state index in [-0.39, 0.29) is 16.2 Å². The molecular weight excluding hydrogens is 294 g/mol. The Hall–Kier alpha value is -1.64. The van der Waals surface area contributed by atoms with E-state index in [1.807, 2.05) is 5.43 Å². The van der Waals surface area contributed by atoms with Crippen molar-refractivity contribution in [3.05, 3.63) is 23.8 Å².